The van der Waals surface area contributed by atoms with Crippen LogP contribution in [0.15, 0.2) is 0 Å². The van der Waals surface area contributed by atoms with Gasteiger partial charge in [-0.15, -0.1) is 0 Å². The van der Waals surface area contributed by atoms with E-state index < -0.39 is 6.43 Å². The first kappa shape index (κ1) is 12.8. The Balaban J connectivity index is 3.27. The second-order valence-electron chi connectivity index (χ2n) is 3.03. The van der Waals surface area contributed by atoms with Gasteiger partial charge in [0.05, 0.1) is 6.54 Å². The molecule has 0 radical (unpaired) electrons. The van der Waals surface area contributed by atoms with E-state index in [4.69, 9.17) is 0 Å². The molecule has 4 heteroatoms. The van der Waals surface area contributed by atoms with Gasteiger partial charge in [-0.25, -0.2) is 8.78 Å². The number of nitrogens with zero attached hydrogens (tertiary/aromatic N) is 1. The standard InChI is InChI=1S/C9H20F2N2/c1-3-6-13(4-2)7-5-12-8-9(10)11/h9,12H,3-8H2,1-2H3. The summed E-state index contributed by atoms with van der Waals surface area (Å²) in [4.78, 5) is 2.25. The summed E-state index contributed by atoms with van der Waals surface area (Å²) in [5.74, 6) is 0. The molecule has 0 aliphatic rings. The van der Waals surface area contributed by atoms with Crippen LogP contribution in [0.25, 0.3) is 0 Å². The zero-order valence-corrected chi connectivity index (χ0v) is 8.52. The van der Waals surface area contributed by atoms with Gasteiger partial charge >= 0.3 is 0 Å². The lowest BCUT2D eigenvalue weighted by Gasteiger charge is -2.19. The molecule has 0 unspecified atom stereocenters. The van der Waals surface area contributed by atoms with Gasteiger partial charge in [0.1, 0.15) is 0 Å². The van der Waals surface area contributed by atoms with Crippen molar-refractivity contribution in [1.82, 2.24) is 10.2 Å². The van der Waals surface area contributed by atoms with Gasteiger partial charge in [-0.1, -0.05) is 13.8 Å². The topological polar surface area (TPSA) is 15.3 Å². The third kappa shape index (κ3) is 8.12. The van der Waals surface area contributed by atoms with Crippen LogP contribution in [-0.2, 0) is 0 Å². The molecule has 0 saturated carbocycles. The lowest BCUT2D eigenvalue weighted by Crippen LogP contribution is -2.34. The van der Waals surface area contributed by atoms with Crippen LogP contribution >= 0.6 is 0 Å². The van der Waals surface area contributed by atoms with Gasteiger partial charge in [-0.05, 0) is 19.5 Å². The van der Waals surface area contributed by atoms with Crippen molar-refractivity contribution >= 4 is 0 Å². The highest BCUT2D eigenvalue weighted by Gasteiger charge is 2.02. The van der Waals surface area contributed by atoms with Crippen molar-refractivity contribution in [3.8, 4) is 0 Å². The van der Waals surface area contributed by atoms with Crippen LogP contribution in [0.5, 0.6) is 0 Å². The minimum absolute atomic E-state index is 0.191. The van der Waals surface area contributed by atoms with Gasteiger partial charge in [0.15, 0.2) is 0 Å². The van der Waals surface area contributed by atoms with E-state index in [0.717, 1.165) is 26.1 Å². The molecule has 0 saturated heterocycles. The molecule has 0 atom stereocenters. The Morgan fingerprint density at radius 1 is 1.23 bits per heavy atom. The molecule has 0 rings (SSSR count). The van der Waals surface area contributed by atoms with E-state index in [1.54, 1.807) is 0 Å². The number of hydrogen-bond donors (Lipinski definition) is 1. The molecule has 2 nitrogen and oxygen atoms in total. The monoisotopic (exact) mass is 194 g/mol. The Morgan fingerprint density at radius 3 is 2.38 bits per heavy atom. The fourth-order valence-corrected chi connectivity index (χ4v) is 1.19. The minimum atomic E-state index is -2.23. The highest BCUT2D eigenvalue weighted by molar-refractivity contribution is 4.57. The highest BCUT2D eigenvalue weighted by atomic mass is 19.3. The third-order valence-corrected chi connectivity index (χ3v) is 1.89. The average molecular weight is 194 g/mol. The fourth-order valence-electron chi connectivity index (χ4n) is 1.19. The largest absolute Gasteiger partial charge is 0.310 e. The number of alkyl halides is 2. The van der Waals surface area contributed by atoms with E-state index in [9.17, 15) is 8.78 Å². The number of nitrogens with one attached hydrogen (secondary N) is 1. The van der Waals surface area contributed by atoms with Gasteiger partial charge < -0.3 is 10.2 Å². The summed E-state index contributed by atoms with van der Waals surface area (Å²) in [5, 5.41) is 2.72. The van der Waals surface area contributed by atoms with E-state index in [0.29, 0.717) is 6.54 Å². The molecule has 0 aliphatic heterocycles. The maximum Gasteiger partial charge on any atom is 0.250 e. The van der Waals surface area contributed by atoms with Crippen LogP contribution in [0.2, 0.25) is 0 Å². The lowest BCUT2D eigenvalue weighted by atomic mass is 10.4. The molecule has 0 amide bonds. The first-order chi connectivity index (χ1) is 6.20. The number of hydrogen-bond acceptors (Lipinski definition) is 2. The van der Waals surface area contributed by atoms with Crippen LogP contribution in [0, 0.1) is 0 Å². The van der Waals surface area contributed by atoms with Gasteiger partial charge in [-0.2, -0.15) is 0 Å². The molecular weight excluding hydrogens is 174 g/mol. The first-order valence-electron chi connectivity index (χ1n) is 4.91. The van der Waals surface area contributed by atoms with Crippen molar-refractivity contribution in [2.75, 3.05) is 32.7 Å². The molecule has 0 fully saturated rings. The van der Waals surface area contributed by atoms with E-state index >= 15 is 0 Å². The van der Waals surface area contributed by atoms with Gasteiger partial charge in [0.2, 0.25) is 0 Å². The van der Waals surface area contributed by atoms with Crippen LogP contribution < -0.4 is 5.32 Å². The summed E-state index contributed by atoms with van der Waals surface area (Å²) < 4.78 is 23.4. The van der Waals surface area contributed by atoms with Crippen LogP contribution in [0.1, 0.15) is 20.3 Å². The molecule has 0 aliphatic carbocycles. The summed E-state index contributed by atoms with van der Waals surface area (Å²) in [6, 6.07) is 0. The first-order valence-corrected chi connectivity index (χ1v) is 4.91. The molecule has 0 spiro atoms. The van der Waals surface area contributed by atoms with Gasteiger partial charge in [0.25, 0.3) is 6.43 Å². The average Bonchev–Trinajstić information content (AvgIpc) is 2.10. The van der Waals surface area contributed by atoms with Crippen LogP contribution in [-0.4, -0.2) is 44.0 Å². The SMILES string of the molecule is CCCN(CC)CCNCC(F)F. The molecule has 13 heavy (non-hydrogen) atoms. The second kappa shape index (κ2) is 8.38. The van der Waals surface area contributed by atoms with Crippen molar-refractivity contribution in [3.63, 3.8) is 0 Å². The lowest BCUT2D eigenvalue weighted by molar-refractivity contribution is 0.144. The summed E-state index contributed by atoms with van der Waals surface area (Å²) in [6.07, 6.45) is -1.12. The maximum absolute atomic E-state index is 11.7. The van der Waals surface area contributed by atoms with Crippen molar-refractivity contribution in [1.29, 1.82) is 0 Å². The van der Waals surface area contributed by atoms with Gasteiger partial charge in [-0.3, -0.25) is 0 Å². The van der Waals surface area contributed by atoms with Crippen molar-refractivity contribution in [3.05, 3.63) is 0 Å². The number of likely N-dealkylation sites (N-methyl/N-ethyl adjacent to an activating group) is 1. The van der Waals surface area contributed by atoms with Crippen molar-refractivity contribution < 1.29 is 8.78 Å². The van der Waals surface area contributed by atoms with Crippen LogP contribution in [0.4, 0.5) is 8.78 Å². The number of rotatable bonds is 8. The second-order valence-corrected chi connectivity index (χ2v) is 3.03. The molecule has 0 bridgehead atoms. The quantitative estimate of drug-likeness (QED) is 0.590. The smallest absolute Gasteiger partial charge is 0.250 e. The van der Waals surface area contributed by atoms with Gasteiger partial charge in [0, 0.05) is 13.1 Å². The van der Waals surface area contributed by atoms with Crippen LogP contribution in [0.3, 0.4) is 0 Å². The summed E-state index contributed by atoms with van der Waals surface area (Å²) in [6.45, 7) is 7.56. The van der Waals surface area contributed by atoms with Crippen molar-refractivity contribution in [2.24, 2.45) is 0 Å². The molecule has 80 valence electrons. The van der Waals surface area contributed by atoms with E-state index in [1.165, 1.54) is 0 Å². The predicted octanol–water partition coefficient (Wildman–Crippen LogP) is 1.57. The Morgan fingerprint density at radius 2 is 1.92 bits per heavy atom. The molecular formula is C9H20F2N2. The van der Waals surface area contributed by atoms with Crippen molar-refractivity contribution in [2.45, 2.75) is 26.7 Å². The summed E-state index contributed by atoms with van der Waals surface area (Å²) in [5.41, 5.74) is 0. The highest BCUT2D eigenvalue weighted by Crippen LogP contribution is 1.90. The Labute approximate surface area is 79.3 Å². The predicted molar refractivity (Wildman–Crippen MR) is 51.3 cm³/mol. The zero-order valence-electron chi connectivity index (χ0n) is 8.52. The molecule has 0 aromatic heterocycles. The normalized spacial score (nSPS) is 11.5. The minimum Gasteiger partial charge on any atom is -0.310 e. The number of halogens is 2. The molecule has 0 aromatic carbocycles. The Kier molecular flexibility index (Phi) is 8.24. The summed E-state index contributed by atoms with van der Waals surface area (Å²) in [7, 11) is 0. The fraction of sp³-hybridized carbons (Fsp3) is 1.00. The van der Waals surface area contributed by atoms with E-state index in [-0.39, 0.29) is 6.54 Å². The van der Waals surface area contributed by atoms with E-state index in [2.05, 4.69) is 24.1 Å². The Bertz CT molecular complexity index is 110. The molecule has 0 aromatic rings. The molecule has 0 heterocycles. The molecule has 1 N–H and O–H groups in total. The van der Waals surface area contributed by atoms with E-state index in [1.807, 2.05) is 0 Å². The Hall–Kier alpha value is -0.220. The maximum atomic E-state index is 11.7. The summed E-state index contributed by atoms with van der Waals surface area (Å²) >= 11 is 0. The third-order valence-electron chi connectivity index (χ3n) is 1.89. The zero-order chi connectivity index (χ0) is 10.1.